The highest BCUT2D eigenvalue weighted by Crippen LogP contribution is 2.40. The van der Waals surface area contributed by atoms with E-state index >= 15 is 0 Å². The van der Waals surface area contributed by atoms with Crippen LogP contribution in [0.4, 0.5) is 11.4 Å². The molecule has 0 fully saturated rings. The average Bonchev–Trinajstić information content (AvgIpc) is 2.81. The minimum Gasteiger partial charge on any atom is -0.493 e. The lowest BCUT2D eigenvalue weighted by Crippen LogP contribution is -2.10. The summed E-state index contributed by atoms with van der Waals surface area (Å²) in [6, 6.07) is 4.12. The lowest BCUT2D eigenvalue weighted by molar-refractivity contribution is -0.459. The Hall–Kier alpha value is -4.37. The standard InChI is InChI=1S/C18H18N2O13/c1-26-14-5-10(18(21)28-3)11(19(22)23)6-16(14)30-9-31-17-7-12(20(24)25)13(32-33-29-4)8-15(17)27-2/h5-8H,9H2,1-4H3. The molecule has 0 radical (unpaired) electrons. The maximum atomic E-state index is 11.8. The average molecular weight is 470 g/mol. The summed E-state index contributed by atoms with van der Waals surface area (Å²) in [5.41, 5.74) is -1.48. The van der Waals surface area contributed by atoms with Crippen molar-refractivity contribution in [2.75, 3.05) is 35.2 Å². The van der Waals surface area contributed by atoms with Crippen molar-refractivity contribution in [1.29, 1.82) is 0 Å². The number of rotatable bonds is 12. The number of methoxy groups -OCH3 is 3. The normalized spacial score (nSPS) is 10.2. The first kappa shape index (κ1) is 24.9. The zero-order valence-electron chi connectivity index (χ0n) is 17.7. The highest BCUT2D eigenvalue weighted by Gasteiger charge is 2.26. The van der Waals surface area contributed by atoms with Crippen molar-refractivity contribution in [1.82, 2.24) is 0 Å². The monoisotopic (exact) mass is 470 g/mol. The van der Waals surface area contributed by atoms with Crippen molar-refractivity contribution in [3.05, 3.63) is 50.1 Å². The maximum Gasteiger partial charge on any atom is 0.345 e. The van der Waals surface area contributed by atoms with Gasteiger partial charge in [-0.05, 0) is 5.04 Å². The van der Waals surface area contributed by atoms with Gasteiger partial charge in [-0.1, -0.05) is 0 Å². The van der Waals surface area contributed by atoms with E-state index in [2.05, 4.69) is 19.6 Å². The molecule has 0 aliphatic carbocycles. The summed E-state index contributed by atoms with van der Waals surface area (Å²) in [6.45, 7) is -0.576. The number of ether oxygens (including phenoxy) is 5. The number of hydrogen-bond acceptors (Lipinski definition) is 13. The van der Waals surface area contributed by atoms with Crippen LogP contribution in [0.15, 0.2) is 24.3 Å². The lowest BCUT2D eigenvalue weighted by Gasteiger charge is -2.14. The van der Waals surface area contributed by atoms with Gasteiger partial charge in [-0.25, -0.2) is 4.79 Å². The Morgan fingerprint density at radius 2 is 1.33 bits per heavy atom. The summed E-state index contributed by atoms with van der Waals surface area (Å²) in [5.74, 6) is -1.55. The molecular formula is C18H18N2O13. The third-order valence-electron chi connectivity index (χ3n) is 3.95. The Kier molecular flexibility index (Phi) is 8.53. The van der Waals surface area contributed by atoms with Crippen LogP contribution in [-0.4, -0.2) is 51.0 Å². The highest BCUT2D eigenvalue weighted by atomic mass is 17.5. The van der Waals surface area contributed by atoms with Crippen molar-refractivity contribution in [2.45, 2.75) is 0 Å². The Bertz CT molecular complexity index is 1040. The van der Waals surface area contributed by atoms with E-state index in [1.54, 1.807) is 0 Å². The van der Waals surface area contributed by atoms with Crippen LogP contribution in [0.1, 0.15) is 10.4 Å². The number of benzene rings is 2. The van der Waals surface area contributed by atoms with Crippen LogP contribution in [-0.2, 0) is 14.7 Å². The zero-order valence-corrected chi connectivity index (χ0v) is 17.7. The number of nitro groups is 2. The van der Waals surface area contributed by atoms with Crippen LogP contribution in [0.2, 0.25) is 0 Å². The molecule has 0 saturated carbocycles. The molecular weight excluding hydrogens is 452 g/mol. The summed E-state index contributed by atoms with van der Waals surface area (Å²) in [6.07, 6.45) is 0. The summed E-state index contributed by atoms with van der Waals surface area (Å²) in [4.78, 5) is 41.8. The number of esters is 1. The van der Waals surface area contributed by atoms with E-state index in [0.717, 1.165) is 38.5 Å². The van der Waals surface area contributed by atoms with Crippen molar-refractivity contribution in [2.24, 2.45) is 0 Å². The molecule has 178 valence electrons. The van der Waals surface area contributed by atoms with Crippen molar-refractivity contribution < 1.29 is 53.1 Å². The Morgan fingerprint density at radius 3 is 1.82 bits per heavy atom. The van der Waals surface area contributed by atoms with Crippen LogP contribution in [0.25, 0.3) is 0 Å². The van der Waals surface area contributed by atoms with Crippen LogP contribution in [0.5, 0.6) is 28.7 Å². The predicted molar refractivity (Wildman–Crippen MR) is 105 cm³/mol. The topological polar surface area (TPSA) is 177 Å². The van der Waals surface area contributed by atoms with E-state index in [1.807, 2.05) is 0 Å². The molecule has 0 spiro atoms. The molecule has 2 aromatic rings. The number of carbonyl (C=O) groups excluding carboxylic acids is 1. The molecule has 33 heavy (non-hydrogen) atoms. The lowest BCUT2D eigenvalue weighted by atomic mass is 10.1. The molecule has 2 rings (SSSR count). The Labute approximate surface area is 185 Å². The van der Waals surface area contributed by atoms with Gasteiger partial charge >= 0.3 is 11.7 Å². The molecule has 15 heteroatoms. The molecule has 15 nitrogen and oxygen atoms in total. The van der Waals surface area contributed by atoms with Gasteiger partial charge in [0.05, 0.1) is 50.4 Å². The number of carbonyl (C=O) groups is 1. The number of nitrogens with zero attached hydrogens (tertiary/aromatic N) is 2. The molecule has 0 saturated heterocycles. The Balaban J connectivity index is 2.31. The van der Waals surface area contributed by atoms with E-state index in [1.165, 1.54) is 14.2 Å². The van der Waals surface area contributed by atoms with Crippen molar-refractivity contribution in [3.63, 3.8) is 0 Å². The minimum absolute atomic E-state index is 0.0119. The first-order chi connectivity index (χ1) is 15.8. The van der Waals surface area contributed by atoms with Crippen LogP contribution >= 0.6 is 0 Å². The van der Waals surface area contributed by atoms with Gasteiger partial charge in [0.15, 0.2) is 23.0 Å². The molecule has 0 aromatic heterocycles. The fraction of sp³-hybridized carbons (Fsp3) is 0.278. The van der Waals surface area contributed by atoms with Crippen LogP contribution in [0, 0.1) is 20.2 Å². The highest BCUT2D eigenvalue weighted by molar-refractivity contribution is 5.95. The van der Waals surface area contributed by atoms with E-state index in [-0.39, 0.29) is 34.3 Å². The van der Waals surface area contributed by atoms with Gasteiger partial charge in [-0.15, -0.1) is 0 Å². The summed E-state index contributed by atoms with van der Waals surface area (Å²) < 4.78 is 25.5. The Morgan fingerprint density at radius 1 is 0.788 bits per heavy atom. The van der Waals surface area contributed by atoms with Gasteiger partial charge in [0.1, 0.15) is 5.56 Å². The number of hydrogen-bond donors (Lipinski definition) is 0. The van der Waals surface area contributed by atoms with Crippen molar-refractivity contribution in [3.8, 4) is 28.7 Å². The number of nitro benzene ring substituents is 2. The van der Waals surface area contributed by atoms with Gasteiger partial charge in [0, 0.05) is 12.1 Å². The van der Waals surface area contributed by atoms with Crippen molar-refractivity contribution >= 4 is 17.3 Å². The van der Waals surface area contributed by atoms with Gasteiger partial charge in [0.2, 0.25) is 12.5 Å². The second kappa shape index (κ2) is 11.3. The fourth-order valence-corrected chi connectivity index (χ4v) is 2.49. The maximum absolute atomic E-state index is 11.8. The molecule has 2 aromatic carbocycles. The predicted octanol–water partition coefficient (Wildman–Crippen LogP) is 2.59. The zero-order chi connectivity index (χ0) is 24.5. The first-order valence-electron chi connectivity index (χ1n) is 8.71. The van der Waals surface area contributed by atoms with E-state index in [4.69, 9.17) is 18.9 Å². The SMILES string of the molecule is COOOc1cc(OC)c(OCOc2cc([N+](=O)[O-])c(C(=O)OC)cc2OC)cc1[N+](=O)[O-]. The molecule has 0 N–H and O–H groups in total. The van der Waals surface area contributed by atoms with E-state index in [9.17, 15) is 25.0 Å². The minimum atomic E-state index is -0.945. The first-order valence-corrected chi connectivity index (χ1v) is 8.71. The molecule has 0 heterocycles. The molecule has 0 aliphatic heterocycles. The summed E-state index contributed by atoms with van der Waals surface area (Å²) in [7, 11) is 4.73. The van der Waals surface area contributed by atoms with Crippen LogP contribution < -0.4 is 23.8 Å². The van der Waals surface area contributed by atoms with E-state index in [0.29, 0.717) is 0 Å². The third kappa shape index (κ3) is 5.86. The second-order valence-electron chi connectivity index (χ2n) is 5.72. The summed E-state index contributed by atoms with van der Waals surface area (Å²) >= 11 is 0. The molecule has 0 amide bonds. The second-order valence-corrected chi connectivity index (χ2v) is 5.72. The quantitative estimate of drug-likeness (QED) is 0.145. The van der Waals surface area contributed by atoms with E-state index < -0.39 is 34.0 Å². The molecule has 0 aliphatic rings. The summed E-state index contributed by atoms with van der Waals surface area (Å²) in [5, 5.41) is 26.9. The van der Waals surface area contributed by atoms with Gasteiger partial charge in [0.25, 0.3) is 5.69 Å². The van der Waals surface area contributed by atoms with Gasteiger partial charge in [-0.2, -0.15) is 4.89 Å². The van der Waals surface area contributed by atoms with Gasteiger partial charge < -0.3 is 28.6 Å². The molecule has 0 atom stereocenters. The van der Waals surface area contributed by atoms with Crippen LogP contribution in [0.3, 0.4) is 0 Å². The van der Waals surface area contributed by atoms with Gasteiger partial charge in [-0.3, -0.25) is 20.2 Å². The third-order valence-corrected chi connectivity index (χ3v) is 3.95. The molecule has 0 bridgehead atoms. The smallest absolute Gasteiger partial charge is 0.345 e. The fourth-order valence-electron chi connectivity index (χ4n) is 2.49. The largest absolute Gasteiger partial charge is 0.493 e. The molecule has 0 unspecified atom stereocenters.